The molecule has 1 saturated carbocycles. The van der Waals surface area contributed by atoms with Gasteiger partial charge in [-0.3, -0.25) is 14.2 Å². The van der Waals surface area contributed by atoms with Crippen molar-refractivity contribution in [2.24, 2.45) is 0 Å². The second-order valence-corrected chi connectivity index (χ2v) is 6.53. The van der Waals surface area contributed by atoms with Crippen LogP contribution < -0.4 is 16.2 Å². The molecule has 2 aromatic heterocycles. The maximum absolute atomic E-state index is 13.1. The van der Waals surface area contributed by atoms with Crippen molar-refractivity contribution in [3.63, 3.8) is 0 Å². The third kappa shape index (κ3) is 2.19. The van der Waals surface area contributed by atoms with Gasteiger partial charge in [-0.15, -0.1) is 0 Å². The summed E-state index contributed by atoms with van der Waals surface area (Å²) in [5, 5.41) is 13.7. The minimum absolute atomic E-state index is 0.149. The van der Waals surface area contributed by atoms with Crippen LogP contribution in [0.5, 0.6) is 0 Å². The molecule has 0 bridgehead atoms. The lowest BCUT2D eigenvalue weighted by Gasteiger charge is -2.35. The average Bonchev–Trinajstić information content (AvgIpc) is 2.86. The second-order valence-electron chi connectivity index (χ2n) is 6.53. The first-order valence-electron chi connectivity index (χ1n) is 8.24. The van der Waals surface area contributed by atoms with E-state index in [2.05, 4.69) is 20.8 Å². The molecule has 2 N–H and O–H groups in total. The summed E-state index contributed by atoms with van der Waals surface area (Å²) in [6, 6.07) is 3.48. The topological polar surface area (TPSA) is 88.9 Å². The molecule has 3 heterocycles. The first kappa shape index (κ1) is 14.9. The molecule has 1 spiro atoms. The zero-order valence-electron chi connectivity index (χ0n) is 13.5. The second kappa shape index (κ2) is 5.43. The molecule has 124 valence electrons. The summed E-state index contributed by atoms with van der Waals surface area (Å²) in [6.07, 6.45) is 7.88. The van der Waals surface area contributed by atoms with Crippen molar-refractivity contribution in [1.29, 1.82) is 0 Å². The Kier molecular flexibility index (Phi) is 3.37. The predicted molar refractivity (Wildman–Crippen MR) is 89.3 cm³/mol. The number of nitrogens with zero attached hydrogens (tertiary/aromatic N) is 3. The Bertz CT molecular complexity index is 853. The van der Waals surface area contributed by atoms with Gasteiger partial charge >= 0.3 is 0 Å². The highest BCUT2D eigenvalue weighted by Crippen LogP contribution is 2.37. The van der Waals surface area contributed by atoms with Gasteiger partial charge in [-0.25, -0.2) is 0 Å². The van der Waals surface area contributed by atoms with Crippen molar-refractivity contribution in [3.8, 4) is 0 Å². The number of nitrogens with one attached hydrogen (secondary N) is 2. The predicted octanol–water partition coefficient (Wildman–Crippen LogP) is 2.05. The molecular weight excluding hydrogens is 306 g/mol. The summed E-state index contributed by atoms with van der Waals surface area (Å²) >= 11 is 0. The average molecular weight is 325 g/mol. The minimum Gasteiger partial charge on any atom is -0.350 e. The molecule has 7 heteroatoms. The molecule has 1 aliphatic heterocycles. The zero-order valence-corrected chi connectivity index (χ0v) is 13.5. The third-order valence-electron chi connectivity index (χ3n) is 4.92. The van der Waals surface area contributed by atoms with Crippen molar-refractivity contribution < 1.29 is 4.79 Å². The van der Waals surface area contributed by atoms with Crippen molar-refractivity contribution in [2.45, 2.75) is 44.7 Å². The van der Waals surface area contributed by atoms with E-state index < -0.39 is 5.66 Å². The van der Waals surface area contributed by atoms with Gasteiger partial charge in [-0.2, -0.15) is 10.2 Å². The maximum Gasteiger partial charge on any atom is 0.276 e. The smallest absolute Gasteiger partial charge is 0.276 e. The number of fused-ring (bicyclic) bond motifs is 2. The van der Waals surface area contributed by atoms with Crippen LogP contribution in [-0.4, -0.2) is 20.7 Å². The summed E-state index contributed by atoms with van der Waals surface area (Å²) in [7, 11) is 0. The molecule has 0 aromatic carbocycles. The van der Waals surface area contributed by atoms with Crippen LogP contribution in [0.4, 0.5) is 11.4 Å². The fraction of sp³-hybridized carbons (Fsp3) is 0.412. The summed E-state index contributed by atoms with van der Waals surface area (Å²) < 4.78 is 1.68. The third-order valence-corrected chi connectivity index (χ3v) is 4.92. The number of carbonyl (C=O) groups is 1. The Hall–Kier alpha value is -2.70. The number of anilines is 2. The molecule has 1 amide bonds. The van der Waals surface area contributed by atoms with E-state index in [-0.39, 0.29) is 11.5 Å². The Morgan fingerprint density at radius 3 is 2.71 bits per heavy atom. The van der Waals surface area contributed by atoms with Crippen LogP contribution in [0, 0.1) is 6.92 Å². The highest BCUT2D eigenvalue weighted by atomic mass is 16.2. The summed E-state index contributed by atoms with van der Waals surface area (Å²) in [6.45, 7) is 1.86. The molecule has 2 aromatic rings. The molecule has 4 rings (SSSR count). The molecule has 1 aliphatic carbocycles. The number of hydrogen-bond donors (Lipinski definition) is 2. The van der Waals surface area contributed by atoms with Gasteiger partial charge < -0.3 is 10.6 Å². The first-order chi connectivity index (χ1) is 11.6. The van der Waals surface area contributed by atoms with Crippen molar-refractivity contribution in [2.75, 3.05) is 5.32 Å². The number of carbonyl (C=O) groups excluding carboxylic acids is 1. The van der Waals surface area contributed by atoms with Crippen LogP contribution in [0.2, 0.25) is 0 Å². The molecule has 0 saturated heterocycles. The van der Waals surface area contributed by atoms with E-state index in [9.17, 15) is 9.59 Å². The highest BCUT2D eigenvalue weighted by molar-refractivity contribution is 5.97. The SMILES string of the molecule is Cc1cc(Nc2ccnnc2)c(=O)n2c1C(=O)NC21CCCCC1. The number of aryl methyl sites for hydroxylation is 1. The lowest BCUT2D eigenvalue weighted by atomic mass is 9.89. The fourth-order valence-electron chi connectivity index (χ4n) is 3.86. The Morgan fingerprint density at radius 1 is 1.21 bits per heavy atom. The van der Waals surface area contributed by atoms with Crippen molar-refractivity contribution in [3.05, 3.63) is 46.1 Å². The minimum atomic E-state index is -0.569. The van der Waals surface area contributed by atoms with E-state index in [1.807, 2.05) is 6.92 Å². The van der Waals surface area contributed by atoms with E-state index in [4.69, 9.17) is 0 Å². The van der Waals surface area contributed by atoms with E-state index in [1.165, 1.54) is 0 Å². The molecule has 1 fully saturated rings. The molecule has 24 heavy (non-hydrogen) atoms. The van der Waals surface area contributed by atoms with Crippen LogP contribution >= 0.6 is 0 Å². The van der Waals surface area contributed by atoms with Crippen molar-refractivity contribution >= 4 is 17.3 Å². The van der Waals surface area contributed by atoms with E-state index in [0.717, 1.165) is 37.7 Å². The maximum atomic E-state index is 13.1. The summed E-state index contributed by atoms with van der Waals surface area (Å²) in [4.78, 5) is 25.6. The van der Waals surface area contributed by atoms with Gasteiger partial charge in [0, 0.05) is 0 Å². The number of rotatable bonds is 2. The number of pyridine rings is 1. The van der Waals surface area contributed by atoms with E-state index in [1.54, 1.807) is 29.1 Å². The Balaban J connectivity index is 1.85. The zero-order chi connectivity index (χ0) is 16.7. The van der Waals surface area contributed by atoms with Crippen LogP contribution in [0.3, 0.4) is 0 Å². The van der Waals surface area contributed by atoms with Crippen LogP contribution in [0.25, 0.3) is 0 Å². The monoisotopic (exact) mass is 325 g/mol. The number of hydrogen-bond acceptors (Lipinski definition) is 5. The largest absolute Gasteiger partial charge is 0.350 e. The normalized spacial score (nSPS) is 18.3. The quantitative estimate of drug-likeness (QED) is 0.882. The van der Waals surface area contributed by atoms with Gasteiger partial charge in [0.25, 0.3) is 11.5 Å². The summed E-state index contributed by atoms with van der Waals surface area (Å²) in [5.74, 6) is -0.149. The lowest BCUT2D eigenvalue weighted by molar-refractivity contribution is 0.0876. The van der Waals surface area contributed by atoms with E-state index in [0.29, 0.717) is 17.1 Å². The standard InChI is InChI=1S/C17H19N5O2/c1-11-9-13(20-12-5-8-18-19-10-12)16(24)22-14(11)15(23)21-17(22)6-3-2-4-7-17/h5,8-10H,2-4,6-7H2,1H3,(H,18,20)(H,21,23). The van der Waals surface area contributed by atoms with Gasteiger partial charge in [0.2, 0.25) is 0 Å². The van der Waals surface area contributed by atoms with Gasteiger partial charge in [-0.05, 0) is 50.3 Å². The number of aromatic nitrogens is 3. The van der Waals surface area contributed by atoms with Gasteiger partial charge in [0.15, 0.2) is 0 Å². The van der Waals surface area contributed by atoms with Gasteiger partial charge in [0.05, 0.1) is 18.1 Å². The van der Waals surface area contributed by atoms with E-state index >= 15 is 0 Å². The molecule has 7 nitrogen and oxygen atoms in total. The molecule has 2 aliphatic rings. The van der Waals surface area contributed by atoms with Crippen LogP contribution in [0.1, 0.15) is 48.2 Å². The highest BCUT2D eigenvalue weighted by Gasteiger charge is 2.45. The van der Waals surface area contributed by atoms with Crippen molar-refractivity contribution in [1.82, 2.24) is 20.1 Å². The van der Waals surface area contributed by atoms with Gasteiger partial charge in [-0.1, -0.05) is 6.42 Å². The molecule has 0 atom stereocenters. The Morgan fingerprint density at radius 2 is 2.00 bits per heavy atom. The van der Waals surface area contributed by atoms with Crippen LogP contribution in [-0.2, 0) is 5.66 Å². The number of amides is 1. The molecule has 0 unspecified atom stereocenters. The first-order valence-corrected chi connectivity index (χ1v) is 8.24. The molecule has 0 radical (unpaired) electrons. The fourth-order valence-corrected chi connectivity index (χ4v) is 3.86. The lowest BCUT2D eigenvalue weighted by Crippen LogP contribution is -2.48. The van der Waals surface area contributed by atoms with Gasteiger partial charge in [0.1, 0.15) is 17.0 Å². The summed E-state index contributed by atoms with van der Waals surface area (Å²) in [5.41, 5.74) is 1.68. The Labute approximate surface area is 139 Å². The molecular formula is C17H19N5O2. The van der Waals surface area contributed by atoms with Crippen LogP contribution in [0.15, 0.2) is 29.3 Å².